The summed E-state index contributed by atoms with van der Waals surface area (Å²) in [7, 11) is 0. The molecule has 0 radical (unpaired) electrons. The van der Waals surface area contributed by atoms with Crippen LogP contribution in [0.2, 0.25) is 0 Å². The maximum atomic E-state index is 2.33. The van der Waals surface area contributed by atoms with E-state index in [1.165, 1.54) is 0 Å². The molecule has 30 valence electrons. The van der Waals surface area contributed by atoms with E-state index in [9.17, 15) is 0 Å². The topological polar surface area (TPSA) is 0 Å². The van der Waals surface area contributed by atoms with Crippen molar-refractivity contribution in [2.45, 2.75) is 0 Å². The first-order valence-electron chi connectivity index (χ1n) is 2.00. The average Bonchev–Trinajstić information content (AvgIpc) is 1.72. The van der Waals surface area contributed by atoms with E-state index < -0.39 is 0 Å². The van der Waals surface area contributed by atoms with Crippen molar-refractivity contribution >= 4 is 78.7 Å². The van der Waals surface area contributed by atoms with Gasteiger partial charge in [-0.05, 0) is 0 Å². The van der Waals surface area contributed by atoms with Crippen molar-refractivity contribution in [3.8, 4) is 0 Å². The second kappa shape index (κ2) is 6.03. The van der Waals surface area contributed by atoms with Crippen molar-refractivity contribution in [2.75, 3.05) is 0 Å². The van der Waals surface area contributed by atoms with Gasteiger partial charge in [-0.25, -0.2) is 0 Å². The van der Waals surface area contributed by atoms with Gasteiger partial charge in [-0.2, -0.15) is 0 Å². The number of hydrogen-bond acceptors (Lipinski definition) is 0. The van der Waals surface area contributed by atoms with Gasteiger partial charge in [-0.1, -0.05) is 0 Å². The van der Waals surface area contributed by atoms with E-state index in [1.54, 1.807) is 0 Å². The van der Waals surface area contributed by atoms with Gasteiger partial charge in [0.25, 0.3) is 0 Å². The molecule has 0 aliphatic carbocycles. The summed E-state index contributed by atoms with van der Waals surface area (Å²) in [5, 5.41) is 0. The Morgan fingerprint density at radius 1 is 1.00 bits per heavy atom. The normalized spacial score (nSPS) is 12.6. The fourth-order valence-corrected chi connectivity index (χ4v) is 2.88. The van der Waals surface area contributed by atoms with Crippen LogP contribution in [0.15, 0.2) is 21.9 Å². The molecule has 0 amide bonds. The minimum atomic E-state index is -0.380. The Labute approximate surface area is 98.2 Å². The van der Waals surface area contributed by atoms with Crippen LogP contribution in [-0.4, -0.2) is 78.7 Å². The Morgan fingerprint density at radius 3 is 2.00 bits per heavy atom. The van der Waals surface area contributed by atoms with Gasteiger partial charge in [0.1, 0.15) is 0 Å². The van der Waals surface area contributed by atoms with Gasteiger partial charge in [0.05, 0.1) is 0 Å². The van der Waals surface area contributed by atoms with Crippen molar-refractivity contribution in [3.05, 3.63) is 21.9 Å². The number of hydrogen-bond donors (Lipinski definition) is 0. The molecule has 1 aliphatic heterocycles. The summed E-state index contributed by atoms with van der Waals surface area (Å²) in [4.78, 5) is 0. The second-order valence-electron chi connectivity index (χ2n) is 1.15. The molecule has 1 aliphatic rings. The van der Waals surface area contributed by atoms with Crippen LogP contribution in [0.25, 0.3) is 0 Å². The molecule has 0 bridgehead atoms. The van der Waals surface area contributed by atoms with Crippen LogP contribution in [0.5, 0.6) is 0 Å². The zero-order chi connectivity index (χ0) is 4.24. The zero-order valence-corrected chi connectivity index (χ0v) is 7.95. The molecule has 2 heteroatoms. The Balaban J connectivity index is 0.000000360. The zero-order valence-electron chi connectivity index (χ0n) is 3.46. The fourth-order valence-electron chi connectivity index (χ4n) is 0.385. The van der Waals surface area contributed by atoms with Gasteiger partial charge in [0.15, 0.2) is 0 Å². The summed E-state index contributed by atoms with van der Waals surface area (Å²) in [6.45, 7) is 0. The van der Waals surface area contributed by atoms with Crippen LogP contribution in [0.1, 0.15) is 0 Å². The summed E-state index contributed by atoms with van der Waals surface area (Å²) in [5.41, 5.74) is 0. The van der Waals surface area contributed by atoms with E-state index in [1.807, 2.05) is 0 Å². The average molecular weight is 310 g/mol. The summed E-state index contributed by atoms with van der Waals surface area (Å²) in [6.07, 6.45) is 6.38. The van der Waals surface area contributed by atoms with E-state index in [4.69, 9.17) is 0 Å². The molecule has 0 fully saturated rings. The quantitative estimate of drug-likeness (QED) is 0.550. The van der Waals surface area contributed by atoms with Gasteiger partial charge in [-0.3, -0.25) is 0 Å². The molecule has 1 rings (SSSR count). The molecule has 0 saturated carbocycles. The molecule has 0 nitrogen and oxygen atoms in total. The second-order valence-corrected chi connectivity index (χ2v) is 5.64. The Bertz CT molecular complexity index is 77.5. The predicted molar refractivity (Wildman–Crippen MR) is 37.2 cm³/mol. The molecule has 0 atom stereocenters. The predicted octanol–water partition coefficient (Wildman–Crippen LogP) is -0.0722. The SMILES string of the molecule is C1=C[CH]=[Tl][CH]=C1.[KH]. The molecule has 0 aromatic heterocycles. The fraction of sp³-hybridized carbons (Fsp3) is 0. The first-order valence-corrected chi connectivity index (χ1v) is 7.18. The summed E-state index contributed by atoms with van der Waals surface area (Å²) in [6, 6.07) is 0. The van der Waals surface area contributed by atoms with Crippen LogP contribution in [0, 0.1) is 0 Å². The van der Waals surface area contributed by atoms with Gasteiger partial charge in [0, 0.05) is 0 Å². The third-order valence-corrected chi connectivity index (χ3v) is 4.12. The molecule has 0 N–H and O–H groups in total. The maximum absolute atomic E-state index is 2.33. The van der Waals surface area contributed by atoms with Crippen LogP contribution in [-0.2, 0) is 0 Å². The molecule has 1 heterocycles. The summed E-state index contributed by atoms with van der Waals surface area (Å²) >= 11 is -0.380. The van der Waals surface area contributed by atoms with Crippen molar-refractivity contribution < 1.29 is 0 Å². The van der Waals surface area contributed by atoms with Crippen LogP contribution >= 0.6 is 0 Å². The standard InChI is InChI=1S/C5H5.K.Tl.H/c1-3-5-4-2;;;/h1-5H;;;. The summed E-state index contributed by atoms with van der Waals surface area (Å²) in [5.74, 6) is 0. The van der Waals surface area contributed by atoms with Crippen molar-refractivity contribution in [1.29, 1.82) is 0 Å². The first kappa shape index (κ1) is 8.91. The third kappa shape index (κ3) is 4.41. The minimum absolute atomic E-state index is 0. The molecule has 7 heavy (non-hydrogen) atoms. The van der Waals surface area contributed by atoms with E-state index in [2.05, 4.69) is 25.4 Å². The van der Waals surface area contributed by atoms with Crippen LogP contribution < -0.4 is 0 Å². The van der Waals surface area contributed by atoms with E-state index >= 15 is 0 Å². The Hall–Kier alpha value is 1.91. The monoisotopic (exact) mass is 310 g/mol. The molecule has 0 unspecified atom stereocenters. The Morgan fingerprint density at radius 2 is 1.86 bits per heavy atom. The summed E-state index contributed by atoms with van der Waals surface area (Å²) < 4.78 is 4.67. The van der Waals surface area contributed by atoms with Gasteiger partial charge in [-0.15, -0.1) is 0 Å². The van der Waals surface area contributed by atoms with E-state index in [-0.39, 0.29) is 75.1 Å². The molecular weight excluding hydrogens is 304 g/mol. The van der Waals surface area contributed by atoms with Crippen LogP contribution in [0.3, 0.4) is 0 Å². The molecular formula is C5H6KTl. The van der Waals surface area contributed by atoms with Crippen molar-refractivity contribution in [2.24, 2.45) is 0 Å². The first-order chi connectivity index (χ1) is 3.00. The van der Waals surface area contributed by atoms with Crippen molar-refractivity contribution in [3.63, 3.8) is 0 Å². The Kier molecular flexibility index (Phi) is 7.68. The van der Waals surface area contributed by atoms with E-state index in [0.717, 1.165) is 0 Å². The van der Waals surface area contributed by atoms with E-state index in [0.29, 0.717) is 0 Å². The molecule has 0 aromatic rings. The van der Waals surface area contributed by atoms with Crippen molar-refractivity contribution in [1.82, 2.24) is 0 Å². The third-order valence-electron chi connectivity index (χ3n) is 0.667. The van der Waals surface area contributed by atoms with Gasteiger partial charge >= 0.3 is 101 Å². The molecule has 0 saturated heterocycles. The number of allylic oxidation sites excluding steroid dienone is 3. The van der Waals surface area contributed by atoms with Gasteiger partial charge < -0.3 is 0 Å². The van der Waals surface area contributed by atoms with Gasteiger partial charge in [0.2, 0.25) is 0 Å². The molecule has 0 aromatic carbocycles. The van der Waals surface area contributed by atoms with Crippen LogP contribution in [0.4, 0.5) is 0 Å². The molecule has 0 spiro atoms. The number of rotatable bonds is 0.